The molecule has 4 heteroatoms. The third kappa shape index (κ3) is 3.18. The molecule has 0 saturated heterocycles. The highest BCUT2D eigenvalue weighted by atomic mass is 16.5. The highest BCUT2D eigenvalue weighted by Crippen LogP contribution is 2.34. The molecule has 0 unspecified atom stereocenters. The van der Waals surface area contributed by atoms with E-state index in [9.17, 15) is 4.79 Å². The van der Waals surface area contributed by atoms with Gasteiger partial charge in [0.1, 0.15) is 5.56 Å². The van der Waals surface area contributed by atoms with Gasteiger partial charge in [0.25, 0.3) is 0 Å². The molecule has 4 nitrogen and oxygen atoms in total. The van der Waals surface area contributed by atoms with Gasteiger partial charge < -0.3 is 10.1 Å². The van der Waals surface area contributed by atoms with Crippen molar-refractivity contribution >= 4 is 39.0 Å². The first kappa shape index (κ1) is 18.0. The molecule has 0 atom stereocenters. The van der Waals surface area contributed by atoms with E-state index in [4.69, 9.17) is 4.74 Å². The third-order valence-electron chi connectivity index (χ3n) is 4.91. The Bertz CT molecular complexity index is 1160. The summed E-state index contributed by atoms with van der Waals surface area (Å²) in [7, 11) is 0. The van der Waals surface area contributed by atoms with Crippen LogP contribution >= 0.6 is 0 Å². The molecule has 4 rings (SSSR count). The summed E-state index contributed by atoms with van der Waals surface area (Å²) < 4.78 is 5.28. The molecule has 1 aromatic heterocycles. The predicted molar refractivity (Wildman–Crippen MR) is 114 cm³/mol. The molecule has 140 valence electrons. The minimum atomic E-state index is -0.374. The molecule has 1 N–H and O–H groups in total. The molecule has 0 fully saturated rings. The van der Waals surface area contributed by atoms with Crippen LogP contribution in [0, 0.1) is 0 Å². The zero-order valence-electron chi connectivity index (χ0n) is 16.0. The summed E-state index contributed by atoms with van der Waals surface area (Å²) in [5.74, 6) is -0.374. The molecule has 4 aromatic rings. The number of para-hydroxylation sites is 1. The van der Waals surface area contributed by atoms with Gasteiger partial charge in [0.15, 0.2) is 0 Å². The molecule has 0 radical (unpaired) electrons. The van der Waals surface area contributed by atoms with Crippen LogP contribution in [0.4, 0.5) is 11.4 Å². The summed E-state index contributed by atoms with van der Waals surface area (Å²) in [4.78, 5) is 17.2. The number of esters is 1. The van der Waals surface area contributed by atoms with Crippen LogP contribution in [0.15, 0.2) is 66.9 Å². The molecule has 0 amide bonds. The minimum absolute atomic E-state index is 0.319. The van der Waals surface area contributed by atoms with Crippen LogP contribution in [0.2, 0.25) is 0 Å². The van der Waals surface area contributed by atoms with E-state index in [0.29, 0.717) is 12.2 Å². The lowest BCUT2D eigenvalue weighted by molar-refractivity contribution is 0.0527. The average Bonchev–Trinajstić information content (AvgIpc) is 2.74. The number of aromatic nitrogens is 1. The lowest BCUT2D eigenvalue weighted by Crippen LogP contribution is -2.09. The fourth-order valence-electron chi connectivity index (χ4n) is 3.54. The first-order chi connectivity index (χ1) is 13.7. The average molecular weight is 370 g/mol. The monoisotopic (exact) mass is 370 g/mol. The number of fused-ring (bicyclic) bond motifs is 2. The van der Waals surface area contributed by atoms with E-state index in [-0.39, 0.29) is 5.97 Å². The highest BCUT2D eigenvalue weighted by molar-refractivity contribution is 6.08. The number of hydrogen-bond acceptors (Lipinski definition) is 4. The zero-order valence-corrected chi connectivity index (χ0v) is 16.0. The van der Waals surface area contributed by atoms with Gasteiger partial charge in [0, 0.05) is 22.7 Å². The van der Waals surface area contributed by atoms with E-state index in [0.717, 1.165) is 45.0 Å². The smallest absolute Gasteiger partial charge is 0.341 e. The summed E-state index contributed by atoms with van der Waals surface area (Å²) >= 11 is 0. The normalized spacial score (nSPS) is 10.9. The first-order valence-corrected chi connectivity index (χ1v) is 9.55. The Labute approximate surface area is 164 Å². The SMILES string of the molecule is CCOC(=O)c1cnc2c(CC)cccc2c1Nc1cccc2ccccc12. The third-order valence-corrected chi connectivity index (χ3v) is 4.91. The maximum atomic E-state index is 12.6. The van der Waals surface area contributed by atoms with Crippen molar-refractivity contribution in [2.75, 3.05) is 11.9 Å². The van der Waals surface area contributed by atoms with Crippen LogP contribution in [-0.2, 0) is 11.2 Å². The Morgan fingerprint density at radius 1 is 0.964 bits per heavy atom. The number of anilines is 2. The van der Waals surface area contributed by atoms with Gasteiger partial charge in [-0.3, -0.25) is 4.98 Å². The number of nitrogens with zero attached hydrogens (tertiary/aromatic N) is 1. The Kier molecular flexibility index (Phi) is 4.94. The Hall–Kier alpha value is -3.40. The zero-order chi connectivity index (χ0) is 19.5. The highest BCUT2D eigenvalue weighted by Gasteiger charge is 2.18. The molecule has 1 heterocycles. The summed E-state index contributed by atoms with van der Waals surface area (Å²) in [6.45, 7) is 4.23. The molecule has 0 aliphatic rings. The van der Waals surface area contributed by atoms with E-state index >= 15 is 0 Å². The Morgan fingerprint density at radius 2 is 1.71 bits per heavy atom. The van der Waals surface area contributed by atoms with Crippen molar-refractivity contribution in [3.8, 4) is 0 Å². The predicted octanol–water partition coefficient (Wildman–Crippen LogP) is 5.87. The van der Waals surface area contributed by atoms with Crippen molar-refractivity contribution in [2.45, 2.75) is 20.3 Å². The van der Waals surface area contributed by atoms with Crippen LogP contribution in [0.25, 0.3) is 21.7 Å². The number of benzene rings is 3. The number of ether oxygens (including phenoxy) is 1. The molecule has 3 aromatic carbocycles. The standard InChI is InChI=1S/C24H22N2O2/c1-3-16-10-7-13-19-22(16)25-15-20(24(27)28-4-2)23(19)26-21-14-8-11-17-9-5-6-12-18(17)21/h5-15H,3-4H2,1-2H3,(H,25,26). The Morgan fingerprint density at radius 3 is 2.54 bits per heavy atom. The van der Waals surface area contributed by atoms with Crippen molar-refractivity contribution in [2.24, 2.45) is 0 Å². The summed E-state index contributed by atoms with van der Waals surface area (Å²) in [5.41, 5.74) is 4.17. The van der Waals surface area contributed by atoms with E-state index in [1.54, 1.807) is 13.1 Å². The van der Waals surface area contributed by atoms with E-state index in [1.165, 1.54) is 0 Å². The van der Waals surface area contributed by atoms with E-state index in [1.807, 2.05) is 36.4 Å². The molecule has 0 spiro atoms. The van der Waals surface area contributed by atoms with Crippen molar-refractivity contribution in [3.63, 3.8) is 0 Å². The number of pyridine rings is 1. The van der Waals surface area contributed by atoms with Gasteiger partial charge in [0.2, 0.25) is 0 Å². The van der Waals surface area contributed by atoms with Gasteiger partial charge in [-0.05, 0) is 30.4 Å². The van der Waals surface area contributed by atoms with Gasteiger partial charge in [-0.25, -0.2) is 4.79 Å². The maximum Gasteiger partial charge on any atom is 0.341 e. The number of hydrogen-bond donors (Lipinski definition) is 1. The lowest BCUT2D eigenvalue weighted by atomic mass is 10.0. The lowest BCUT2D eigenvalue weighted by Gasteiger charge is -2.16. The second kappa shape index (κ2) is 7.69. The van der Waals surface area contributed by atoms with Crippen LogP contribution < -0.4 is 5.32 Å². The molecule has 28 heavy (non-hydrogen) atoms. The van der Waals surface area contributed by atoms with Crippen LogP contribution in [0.1, 0.15) is 29.8 Å². The van der Waals surface area contributed by atoms with Crippen molar-refractivity contribution in [1.82, 2.24) is 4.98 Å². The topological polar surface area (TPSA) is 51.2 Å². The number of aryl methyl sites for hydroxylation is 1. The van der Waals surface area contributed by atoms with Crippen LogP contribution in [0.5, 0.6) is 0 Å². The first-order valence-electron chi connectivity index (χ1n) is 9.55. The number of rotatable bonds is 5. The van der Waals surface area contributed by atoms with Crippen molar-refractivity contribution < 1.29 is 9.53 Å². The largest absolute Gasteiger partial charge is 0.462 e. The Balaban J connectivity index is 1.94. The van der Waals surface area contributed by atoms with E-state index < -0.39 is 0 Å². The van der Waals surface area contributed by atoms with Crippen molar-refractivity contribution in [1.29, 1.82) is 0 Å². The fraction of sp³-hybridized carbons (Fsp3) is 0.167. The molecule has 0 saturated carbocycles. The maximum absolute atomic E-state index is 12.6. The van der Waals surface area contributed by atoms with Gasteiger partial charge in [-0.2, -0.15) is 0 Å². The second-order valence-electron chi connectivity index (χ2n) is 6.59. The molecule has 0 aliphatic heterocycles. The molecule has 0 aliphatic carbocycles. The quantitative estimate of drug-likeness (QED) is 0.446. The number of carbonyl (C=O) groups is 1. The minimum Gasteiger partial charge on any atom is -0.462 e. The van der Waals surface area contributed by atoms with Gasteiger partial charge in [0.05, 0.1) is 17.8 Å². The van der Waals surface area contributed by atoms with E-state index in [2.05, 4.69) is 41.5 Å². The van der Waals surface area contributed by atoms with Gasteiger partial charge in [-0.15, -0.1) is 0 Å². The number of nitrogens with one attached hydrogen (secondary N) is 1. The van der Waals surface area contributed by atoms with Gasteiger partial charge in [-0.1, -0.05) is 61.5 Å². The van der Waals surface area contributed by atoms with Crippen molar-refractivity contribution in [3.05, 3.63) is 78.0 Å². The second-order valence-corrected chi connectivity index (χ2v) is 6.59. The number of carbonyl (C=O) groups excluding carboxylic acids is 1. The van der Waals surface area contributed by atoms with Crippen LogP contribution in [0.3, 0.4) is 0 Å². The molecule has 0 bridgehead atoms. The molecular weight excluding hydrogens is 348 g/mol. The molecular formula is C24H22N2O2. The summed E-state index contributed by atoms with van der Waals surface area (Å²) in [6, 6.07) is 20.4. The fourth-order valence-corrected chi connectivity index (χ4v) is 3.54. The van der Waals surface area contributed by atoms with Gasteiger partial charge >= 0.3 is 5.97 Å². The summed E-state index contributed by atoms with van der Waals surface area (Å²) in [6.07, 6.45) is 2.49. The van der Waals surface area contributed by atoms with Crippen LogP contribution in [-0.4, -0.2) is 17.6 Å². The summed E-state index contributed by atoms with van der Waals surface area (Å²) in [5, 5.41) is 6.65.